The quantitative estimate of drug-likeness (QED) is 0.726. The molecular formula is C15H18ClN5. The molecule has 0 aromatic carbocycles. The van der Waals surface area contributed by atoms with E-state index in [4.69, 9.17) is 11.6 Å². The second-order valence-electron chi connectivity index (χ2n) is 5.31. The normalized spacial score (nSPS) is 11.6. The van der Waals surface area contributed by atoms with Crippen molar-refractivity contribution in [2.24, 2.45) is 7.05 Å². The molecule has 6 heteroatoms. The summed E-state index contributed by atoms with van der Waals surface area (Å²) in [4.78, 5) is 10.8. The Labute approximate surface area is 128 Å². The Morgan fingerprint density at radius 2 is 2.10 bits per heavy atom. The molecule has 5 nitrogen and oxygen atoms in total. The summed E-state index contributed by atoms with van der Waals surface area (Å²) in [6.07, 6.45) is 8.55. The van der Waals surface area contributed by atoms with Gasteiger partial charge in [-0.1, -0.05) is 11.6 Å². The number of fused-ring (bicyclic) bond motifs is 1. The van der Waals surface area contributed by atoms with Gasteiger partial charge >= 0.3 is 0 Å². The maximum Gasteiger partial charge on any atom is 0.137 e. The number of likely N-dealkylation sites (N-methyl/N-ethyl adjacent to an activating group) is 1. The van der Waals surface area contributed by atoms with Crippen molar-refractivity contribution in [3.05, 3.63) is 53.5 Å². The lowest BCUT2D eigenvalue weighted by atomic mass is 10.3. The average molecular weight is 304 g/mol. The minimum atomic E-state index is 0.722. The molecule has 0 N–H and O–H groups in total. The van der Waals surface area contributed by atoms with E-state index in [1.165, 1.54) is 5.69 Å². The summed E-state index contributed by atoms with van der Waals surface area (Å²) in [6, 6.07) is 3.79. The molecule has 0 aliphatic carbocycles. The summed E-state index contributed by atoms with van der Waals surface area (Å²) in [5, 5.41) is 0.722. The van der Waals surface area contributed by atoms with Gasteiger partial charge in [0.05, 0.1) is 23.2 Å². The molecule has 3 rings (SSSR count). The van der Waals surface area contributed by atoms with Crippen LogP contribution in [0.4, 0.5) is 0 Å². The molecule has 3 aromatic rings. The van der Waals surface area contributed by atoms with Crippen LogP contribution in [0.5, 0.6) is 0 Å². The summed E-state index contributed by atoms with van der Waals surface area (Å²) in [5.41, 5.74) is 3.30. The number of imidazole rings is 2. The van der Waals surface area contributed by atoms with Crippen molar-refractivity contribution in [2.75, 3.05) is 13.6 Å². The second kappa shape index (κ2) is 5.87. The van der Waals surface area contributed by atoms with E-state index in [2.05, 4.69) is 26.5 Å². The molecule has 0 radical (unpaired) electrons. The van der Waals surface area contributed by atoms with Gasteiger partial charge in [0.2, 0.25) is 0 Å². The van der Waals surface area contributed by atoms with Gasteiger partial charge in [-0.2, -0.15) is 0 Å². The minimum Gasteiger partial charge on any atom is -0.338 e. The maximum absolute atomic E-state index is 6.06. The molecule has 0 aliphatic rings. The molecule has 0 saturated heterocycles. The van der Waals surface area contributed by atoms with Gasteiger partial charge in [-0.25, -0.2) is 9.97 Å². The first-order valence-electron chi connectivity index (χ1n) is 6.89. The van der Waals surface area contributed by atoms with Gasteiger partial charge in [0, 0.05) is 44.6 Å². The van der Waals surface area contributed by atoms with Crippen LogP contribution in [-0.2, 0) is 20.0 Å². The predicted octanol–water partition coefficient (Wildman–Crippen LogP) is 2.40. The average Bonchev–Trinajstić information content (AvgIpc) is 3.03. The van der Waals surface area contributed by atoms with Gasteiger partial charge < -0.3 is 13.9 Å². The lowest BCUT2D eigenvalue weighted by molar-refractivity contribution is 0.324. The van der Waals surface area contributed by atoms with E-state index in [0.717, 1.165) is 35.9 Å². The Balaban J connectivity index is 1.67. The lowest BCUT2D eigenvalue weighted by Crippen LogP contribution is -2.22. The molecule has 0 fully saturated rings. The summed E-state index contributed by atoms with van der Waals surface area (Å²) in [6.45, 7) is 1.80. The Morgan fingerprint density at radius 1 is 1.24 bits per heavy atom. The topological polar surface area (TPSA) is 38.4 Å². The molecule has 0 saturated carbocycles. The third kappa shape index (κ3) is 3.09. The zero-order valence-corrected chi connectivity index (χ0v) is 13.0. The van der Waals surface area contributed by atoms with Crippen molar-refractivity contribution < 1.29 is 0 Å². The number of aryl methyl sites for hydroxylation is 1. The van der Waals surface area contributed by atoms with Crippen molar-refractivity contribution >= 4 is 17.2 Å². The molecule has 3 aromatic heterocycles. The molecule has 0 amide bonds. The van der Waals surface area contributed by atoms with Crippen LogP contribution >= 0.6 is 11.6 Å². The Kier molecular flexibility index (Phi) is 3.94. The zero-order valence-electron chi connectivity index (χ0n) is 12.2. The Hall–Kier alpha value is -1.85. The van der Waals surface area contributed by atoms with E-state index in [9.17, 15) is 0 Å². The largest absolute Gasteiger partial charge is 0.338 e. The van der Waals surface area contributed by atoms with Crippen molar-refractivity contribution in [3.8, 4) is 0 Å². The molecule has 0 atom stereocenters. The number of aromatic nitrogens is 4. The van der Waals surface area contributed by atoms with Crippen LogP contribution < -0.4 is 0 Å². The summed E-state index contributed by atoms with van der Waals surface area (Å²) >= 11 is 6.06. The highest BCUT2D eigenvalue weighted by Gasteiger charge is 2.08. The highest BCUT2D eigenvalue weighted by atomic mass is 35.5. The molecule has 0 spiro atoms. The van der Waals surface area contributed by atoms with Crippen LogP contribution in [-0.4, -0.2) is 37.4 Å². The number of halogens is 1. The predicted molar refractivity (Wildman–Crippen MR) is 83.4 cm³/mol. The van der Waals surface area contributed by atoms with E-state index in [1.807, 2.05) is 48.5 Å². The standard InChI is InChI=1S/C15H18ClN5/c1-19(6-5-13-7-17-11-20(13)2)10-14-8-18-15-4-3-12(16)9-21(14)15/h3-4,7-9,11H,5-6,10H2,1-2H3. The van der Waals surface area contributed by atoms with Gasteiger partial charge in [0.1, 0.15) is 5.65 Å². The highest BCUT2D eigenvalue weighted by Crippen LogP contribution is 2.14. The molecular weight excluding hydrogens is 286 g/mol. The van der Waals surface area contributed by atoms with Crippen LogP contribution in [0.2, 0.25) is 5.02 Å². The molecule has 0 aliphatic heterocycles. The van der Waals surface area contributed by atoms with Crippen molar-refractivity contribution in [1.82, 2.24) is 23.8 Å². The van der Waals surface area contributed by atoms with Crippen LogP contribution in [0.15, 0.2) is 37.1 Å². The van der Waals surface area contributed by atoms with Gasteiger partial charge in [0.25, 0.3) is 0 Å². The maximum atomic E-state index is 6.06. The number of hydrogen-bond donors (Lipinski definition) is 0. The number of hydrogen-bond acceptors (Lipinski definition) is 3. The monoisotopic (exact) mass is 303 g/mol. The fraction of sp³-hybridized carbons (Fsp3) is 0.333. The molecule has 0 unspecified atom stereocenters. The Morgan fingerprint density at radius 3 is 2.86 bits per heavy atom. The summed E-state index contributed by atoms with van der Waals surface area (Å²) in [7, 11) is 4.13. The second-order valence-corrected chi connectivity index (χ2v) is 5.75. The number of pyridine rings is 1. The first-order valence-corrected chi connectivity index (χ1v) is 7.26. The Bertz CT molecular complexity index is 745. The van der Waals surface area contributed by atoms with E-state index >= 15 is 0 Å². The molecule has 110 valence electrons. The van der Waals surface area contributed by atoms with Gasteiger partial charge in [-0.3, -0.25) is 0 Å². The molecule has 0 bridgehead atoms. The number of rotatable bonds is 5. The van der Waals surface area contributed by atoms with Gasteiger partial charge in [-0.05, 0) is 19.2 Å². The van der Waals surface area contributed by atoms with E-state index < -0.39 is 0 Å². The first-order chi connectivity index (χ1) is 10.1. The van der Waals surface area contributed by atoms with E-state index in [-0.39, 0.29) is 0 Å². The first kappa shape index (κ1) is 14.1. The zero-order chi connectivity index (χ0) is 14.8. The lowest BCUT2D eigenvalue weighted by Gasteiger charge is -2.16. The SMILES string of the molecule is CN(CCc1cncn1C)Cc1cnc2ccc(Cl)cn12. The van der Waals surface area contributed by atoms with Crippen molar-refractivity contribution in [2.45, 2.75) is 13.0 Å². The molecule has 3 heterocycles. The van der Waals surface area contributed by atoms with Crippen molar-refractivity contribution in [3.63, 3.8) is 0 Å². The summed E-state index contributed by atoms with van der Waals surface area (Å²) < 4.78 is 4.10. The van der Waals surface area contributed by atoms with Crippen LogP contribution in [0.25, 0.3) is 5.65 Å². The molecule has 21 heavy (non-hydrogen) atoms. The van der Waals surface area contributed by atoms with E-state index in [1.54, 1.807) is 0 Å². The van der Waals surface area contributed by atoms with Crippen molar-refractivity contribution in [1.29, 1.82) is 0 Å². The summed E-state index contributed by atoms with van der Waals surface area (Å²) in [5.74, 6) is 0. The van der Waals surface area contributed by atoms with Crippen LogP contribution in [0.3, 0.4) is 0 Å². The third-order valence-electron chi connectivity index (χ3n) is 3.64. The fourth-order valence-electron chi connectivity index (χ4n) is 2.41. The highest BCUT2D eigenvalue weighted by molar-refractivity contribution is 6.30. The third-order valence-corrected chi connectivity index (χ3v) is 3.87. The fourth-order valence-corrected chi connectivity index (χ4v) is 2.57. The van der Waals surface area contributed by atoms with Gasteiger partial charge in [-0.15, -0.1) is 0 Å². The van der Waals surface area contributed by atoms with E-state index in [0.29, 0.717) is 0 Å². The van der Waals surface area contributed by atoms with Gasteiger partial charge in [0.15, 0.2) is 0 Å². The van der Waals surface area contributed by atoms with Crippen LogP contribution in [0, 0.1) is 0 Å². The van der Waals surface area contributed by atoms with Crippen LogP contribution in [0.1, 0.15) is 11.4 Å². The minimum absolute atomic E-state index is 0.722. The smallest absolute Gasteiger partial charge is 0.137 e. The number of nitrogens with zero attached hydrogens (tertiary/aromatic N) is 5.